The van der Waals surface area contributed by atoms with Crippen LogP contribution in [0.3, 0.4) is 0 Å². The number of nitrogens with one attached hydrogen (secondary N) is 1. The van der Waals surface area contributed by atoms with Crippen LogP contribution < -0.4 is 10.2 Å². The number of carbonyl (C=O) groups is 2. The van der Waals surface area contributed by atoms with Crippen molar-refractivity contribution in [3.63, 3.8) is 0 Å². The monoisotopic (exact) mass is 388 g/mol. The number of rotatable bonds is 3. The highest BCUT2D eigenvalue weighted by Gasteiger charge is 2.22. The molecule has 3 rings (SSSR count). The molecule has 24 heavy (non-hydrogen) atoms. The molecular formula is C18H17BrN2O3. The number of carbonyl (C=O) groups excluding carboxylic acids is 2. The van der Waals surface area contributed by atoms with Crippen LogP contribution in [-0.4, -0.2) is 23.5 Å². The van der Waals surface area contributed by atoms with Crippen LogP contribution >= 0.6 is 15.9 Å². The second kappa shape index (κ2) is 6.65. The first-order valence-corrected chi connectivity index (χ1v) is 8.41. The average Bonchev–Trinajstić information content (AvgIpc) is 2.93. The summed E-state index contributed by atoms with van der Waals surface area (Å²) in [5.41, 5.74) is 3.22. The molecule has 0 spiro atoms. The lowest BCUT2D eigenvalue weighted by Gasteiger charge is -2.15. The Kier molecular flexibility index (Phi) is 4.57. The maximum absolute atomic E-state index is 12.2. The molecule has 2 aromatic rings. The highest BCUT2D eigenvalue weighted by molar-refractivity contribution is 9.10. The van der Waals surface area contributed by atoms with Gasteiger partial charge in [-0.1, -0.05) is 22.0 Å². The van der Waals surface area contributed by atoms with E-state index in [1.54, 1.807) is 36.1 Å². The van der Waals surface area contributed by atoms with E-state index < -0.39 is 0 Å². The van der Waals surface area contributed by atoms with Gasteiger partial charge in [0.15, 0.2) is 0 Å². The molecule has 6 heteroatoms. The van der Waals surface area contributed by atoms with E-state index in [9.17, 15) is 14.7 Å². The fraction of sp³-hybridized carbons (Fsp3) is 0.222. The zero-order chi connectivity index (χ0) is 17.3. The number of phenolic OH excluding ortho intramolecular Hbond substituents is 1. The van der Waals surface area contributed by atoms with Crippen molar-refractivity contribution in [3.05, 3.63) is 52.0 Å². The molecule has 0 atom stereocenters. The first kappa shape index (κ1) is 16.5. The SMILES string of the molecule is CC(=O)N1CCc2cc(NC(=O)Cc3ccc(Br)cc3O)ccc21. The highest BCUT2D eigenvalue weighted by atomic mass is 79.9. The van der Waals surface area contributed by atoms with Crippen molar-refractivity contribution in [1.29, 1.82) is 0 Å². The van der Waals surface area contributed by atoms with Crippen molar-refractivity contribution in [2.75, 3.05) is 16.8 Å². The third kappa shape index (κ3) is 3.43. The summed E-state index contributed by atoms with van der Waals surface area (Å²) in [5.74, 6) is -0.0872. The van der Waals surface area contributed by atoms with Gasteiger partial charge in [0.1, 0.15) is 5.75 Å². The number of hydrogen-bond acceptors (Lipinski definition) is 3. The molecule has 0 unspecified atom stereocenters. The second-order valence-corrected chi connectivity index (χ2v) is 6.68. The van der Waals surface area contributed by atoms with Crippen LogP contribution in [0.5, 0.6) is 5.75 Å². The van der Waals surface area contributed by atoms with Crippen LogP contribution in [0.4, 0.5) is 11.4 Å². The van der Waals surface area contributed by atoms with E-state index in [0.29, 0.717) is 17.8 Å². The minimum atomic E-state index is -0.200. The summed E-state index contributed by atoms with van der Waals surface area (Å²) in [4.78, 5) is 25.5. The lowest BCUT2D eigenvalue weighted by Crippen LogP contribution is -2.25. The quantitative estimate of drug-likeness (QED) is 0.847. The van der Waals surface area contributed by atoms with Crippen molar-refractivity contribution in [2.45, 2.75) is 19.8 Å². The Labute approximate surface area is 148 Å². The van der Waals surface area contributed by atoms with Gasteiger partial charge >= 0.3 is 0 Å². The predicted octanol–water partition coefficient (Wildman–Crippen LogP) is 3.24. The first-order valence-electron chi connectivity index (χ1n) is 7.62. The zero-order valence-corrected chi connectivity index (χ0v) is 14.8. The minimum absolute atomic E-state index is 0.0243. The van der Waals surface area contributed by atoms with Gasteiger partial charge in [0.05, 0.1) is 6.42 Å². The number of amides is 2. The molecule has 124 valence electrons. The van der Waals surface area contributed by atoms with Gasteiger partial charge in [0.2, 0.25) is 11.8 Å². The lowest BCUT2D eigenvalue weighted by atomic mass is 10.1. The van der Waals surface area contributed by atoms with Crippen molar-refractivity contribution >= 4 is 39.1 Å². The standard InChI is InChI=1S/C18H17BrN2O3/c1-11(22)21-7-6-12-8-15(4-5-16(12)21)20-18(24)9-13-2-3-14(19)10-17(13)23/h2-5,8,10,23H,6-7,9H2,1H3,(H,20,24). The van der Waals surface area contributed by atoms with Crippen molar-refractivity contribution in [1.82, 2.24) is 0 Å². The van der Waals surface area contributed by atoms with E-state index in [-0.39, 0.29) is 24.0 Å². The number of anilines is 2. The average molecular weight is 389 g/mol. The van der Waals surface area contributed by atoms with Crippen LogP contribution in [0.15, 0.2) is 40.9 Å². The van der Waals surface area contributed by atoms with Gasteiger partial charge in [-0.05, 0) is 42.3 Å². The smallest absolute Gasteiger partial charge is 0.228 e. The van der Waals surface area contributed by atoms with Gasteiger partial charge in [-0.3, -0.25) is 9.59 Å². The summed E-state index contributed by atoms with van der Waals surface area (Å²) in [6.07, 6.45) is 0.877. The molecule has 0 radical (unpaired) electrons. The topological polar surface area (TPSA) is 69.6 Å². The predicted molar refractivity (Wildman–Crippen MR) is 96.3 cm³/mol. The van der Waals surface area contributed by atoms with E-state index in [1.807, 2.05) is 12.1 Å². The summed E-state index contributed by atoms with van der Waals surface area (Å²) in [7, 11) is 0. The highest BCUT2D eigenvalue weighted by Crippen LogP contribution is 2.30. The summed E-state index contributed by atoms with van der Waals surface area (Å²) >= 11 is 3.27. The van der Waals surface area contributed by atoms with Crippen molar-refractivity contribution in [3.8, 4) is 5.75 Å². The summed E-state index contributed by atoms with van der Waals surface area (Å²) in [6, 6.07) is 10.6. The number of benzene rings is 2. The molecule has 1 heterocycles. The van der Waals surface area contributed by atoms with Gasteiger partial charge in [-0.15, -0.1) is 0 Å². The Hall–Kier alpha value is -2.34. The Morgan fingerprint density at radius 1 is 1.25 bits per heavy atom. The molecule has 5 nitrogen and oxygen atoms in total. The van der Waals surface area contributed by atoms with Gasteiger partial charge < -0.3 is 15.3 Å². The van der Waals surface area contributed by atoms with E-state index in [1.165, 1.54) is 0 Å². The third-order valence-electron chi connectivity index (χ3n) is 4.04. The fourth-order valence-corrected chi connectivity index (χ4v) is 3.22. The van der Waals surface area contributed by atoms with Crippen LogP contribution in [0.1, 0.15) is 18.1 Å². The Balaban J connectivity index is 1.70. The van der Waals surface area contributed by atoms with Crippen molar-refractivity contribution < 1.29 is 14.7 Å². The van der Waals surface area contributed by atoms with Gasteiger partial charge in [-0.25, -0.2) is 0 Å². The Morgan fingerprint density at radius 2 is 2.04 bits per heavy atom. The zero-order valence-electron chi connectivity index (χ0n) is 13.2. The van der Waals surface area contributed by atoms with Gasteiger partial charge in [-0.2, -0.15) is 0 Å². The Morgan fingerprint density at radius 3 is 2.75 bits per heavy atom. The van der Waals surface area contributed by atoms with E-state index in [0.717, 1.165) is 22.1 Å². The first-order chi connectivity index (χ1) is 11.4. The van der Waals surface area contributed by atoms with Crippen LogP contribution in [0, 0.1) is 0 Å². The normalized spacial score (nSPS) is 12.8. The maximum atomic E-state index is 12.2. The van der Waals surface area contributed by atoms with Gasteiger partial charge in [0, 0.05) is 34.9 Å². The molecular weight excluding hydrogens is 372 g/mol. The molecule has 0 bridgehead atoms. The van der Waals surface area contributed by atoms with Crippen molar-refractivity contribution in [2.24, 2.45) is 0 Å². The minimum Gasteiger partial charge on any atom is -0.508 e. The largest absolute Gasteiger partial charge is 0.508 e. The summed E-state index contributed by atoms with van der Waals surface area (Å²) in [6.45, 7) is 2.23. The molecule has 0 fully saturated rings. The van der Waals surface area contributed by atoms with E-state index in [2.05, 4.69) is 21.2 Å². The lowest BCUT2D eigenvalue weighted by molar-refractivity contribution is -0.117. The molecule has 0 aromatic heterocycles. The maximum Gasteiger partial charge on any atom is 0.228 e. The van der Waals surface area contributed by atoms with E-state index in [4.69, 9.17) is 0 Å². The van der Waals surface area contributed by atoms with E-state index >= 15 is 0 Å². The second-order valence-electron chi connectivity index (χ2n) is 5.76. The molecule has 2 aromatic carbocycles. The van der Waals surface area contributed by atoms with Gasteiger partial charge in [0.25, 0.3) is 0 Å². The fourth-order valence-electron chi connectivity index (χ4n) is 2.87. The van der Waals surface area contributed by atoms with Crippen LogP contribution in [0.2, 0.25) is 0 Å². The molecule has 2 N–H and O–H groups in total. The molecule has 1 aliphatic heterocycles. The number of halogens is 1. The summed E-state index contributed by atoms with van der Waals surface area (Å²) in [5, 5.41) is 12.7. The number of fused-ring (bicyclic) bond motifs is 1. The molecule has 1 aliphatic rings. The molecule has 2 amide bonds. The number of hydrogen-bond donors (Lipinski definition) is 2. The molecule has 0 saturated carbocycles. The summed E-state index contributed by atoms with van der Waals surface area (Å²) < 4.78 is 0.762. The van der Waals surface area contributed by atoms with Crippen LogP contribution in [0.25, 0.3) is 0 Å². The number of phenols is 1. The molecule has 0 saturated heterocycles. The Bertz CT molecular complexity index is 820. The number of nitrogens with zero attached hydrogens (tertiary/aromatic N) is 1. The molecule has 0 aliphatic carbocycles. The third-order valence-corrected chi connectivity index (χ3v) is 4.53. The number of aromatic hydroxyl groups is 1. The van der Waals surface area contributed by atoms with Crippen LogP contribution in [-0.2, 0) is 22.4 Å².